The van der Waals surface area contributed by atoms with Crippen molar-refractivity contribution in [3.63, 3.8) is 0 Å². The lowest BCUT2D eigenvalue weighted by molar-refractivity contribution is 0.0990. The number of rotatable bonds is 6. The van der Waals surface area contributed by atoms with Crippen LogP contribution in [0.3, 0.4) is 0 Å². The van der Waals surface area contributed by atoms with Gasteiger partial charge in [-0.15, -0.1) is 0 Å². The van der Waals surface area contributed by atoms with Crippen LogP contribution in [0.2, 0.25) is 0 Å². The van der Waals surface area contributed by atoms with E-state index in [9.17, 15) is 4.79 Å². The SMILES string of the molecule is COc1ccc(CN[C@@H]2CCN(c3nc(C(N)=O)nc(C)c3C)C2)c(C)c1. The van der Waals surface area contributed by atoms with Crippen molar-refractivity contribution < 1.29 is 9.53 Å². The Balaban J connectivity index is 1.66. The van der Waals surface area contributed by atoms with E-state index in [2.05, 4.69) is 39.2 Å². The molecule has 2 heterocycles. The molecule has 1 aromatic heterocycles. The summed E-state index contributed by atoms with van der Waals surface area (Å²) in [6, 6.07) is 6.50. The van der Waals surface area contributed by atoms with Crippen LogP contribution in [-0.4, -0.2) is 42.1 Å². The van der Waals surface area contributed by atoms with E-state index in [1.54, 1.807) is 7.11 Å². The second kappa shape index (κ2) is 7.92. The number of amides is 1. The number of carbonyl (C=O) groups excluding carboxylic acids is 1. The summed E-state index contributed by atoms with van der Waals surface area (Å²) >= 11 is 0. The number of hydrogen-bond acceptors (Lipinski definition) is 6. The van der Waals surface area contributed by atoms with Crippen LogP contribution in [0.4, 0.5) is 5.82 Å². The van der Waals surface area contributed by atoms with Gasteiger partial charge in [0.15, 0.2) is 0 Å². The van der Waals surface area contributed by atoms with Gasteiger partial charge in [0.25, 0.3) is 5.91 Å². The Hall–Kier alpha value is -2.67. The Morgan fingerprint density at radius 3 is 2.78 bits per heavy atom. The number of aromatic nitrogens is 2. The van der Waals surface area contributed by atoms with Crippen molar-refractivity contribution in [2.75, 3.05) is 25.1 Å². The zero-order valence-electron chi connectivity index (χ0n) is 16.4. The van der Waals surface area contributed by atoms with Gasteiger partial charge in [0.05, 0.1) is 7.11 Å². The van der Waals surface area contributed by atoms with Gasteiger partial charge in [-0.3, -0.25) is 4.79 Å². The fraction of sp³-hybridized carbons (Fsp3) is 0.450. The van der Waals surface area contributed by atoms with Crippen molar-refractivity contribution in [2.45, 2.75) is 39.8 Å². The molecule has 0 bridgehead atoms. The number of nitrogens with one attached hydrogen (secondary N) is 1. The summed E-state index contributed by atoms with van der Waals surface area (Å²) in [5, 5.41) is 3.63. The van der Waals surface area contributed by atoms with Gasteiger partial charge in [0.2, 0.25) is 5.82 Å². The van der Waals surface area contributed by atoms with Gasteiger partial charge < -0.3 is 20.7 Å². The van der Waals surface area contributed by atoms with Crippen LogP contribution in [0.5, 0.6) is 5.75 Å². The minimum atomic E-state index is -0.594. The Kier molecular flexibility index (Phi) is 5.60. The summed E-state index contributed by atoms with van der Waals surface area (Å²) in [4.78, 5) is 22.3. The van der Waals surface area contributed by atoms with Crippen molar-refractivity contribution >= 4 is 11.7 Å². The molecular formula is C20H27N5O2. The fourth-order valence-electron chi connectivity index (χ4n) is 3.40. The first kappa shape index (κ1) is 19.1. The molecule has 27 heavy (non-hydrogen) atoms. The molecule has 0 unspecified atom stereocenters. The highest BCUT2D eigenvalue weighted by Crippen LogP contribution is 2.24. The van der Waals surface area contributed by atoms with Crippen molar-refractivity contribution in [2.24, 2.45) is 5.73 Å². The van der Waals surface area contributed by atoms with Crippen LogP contribution in [0.15, 0.2) is 18.2 Å². The summed E-state index contributed by atoms with van der Waals surface area (Å²) in [6.07, 6.45) is 1.02. The number of anilines is 1. The van der Waals surface area contributed by atoms with E-state index in [-0.39, 0.29) is 5.82 Å². The molecule has 144 valence electrons. The van der Waals surface area contributed by atoms with Crippen LogP contribution in [0, 0.1) is 20.8 Å². The number of carbonyl (C=O) groups is 1. The molecule has 1 atom stereocenters. The highest BCUT2D eigenvalue weighted by atomic mass is 16.5. The third-order valence-corrected chi connectivity index (χ3v) is 5.20. The molecule has 1 aromatic carbocycles. The molecule has 1 saturated heterocycles. The second-order valence-electron chi connectivity index (χ2n) is 7.05. The Bertz CT molecular complexity index is 853. The van der Waals surface area contributed by atoms with E-state index in [1.165, 1.54) is 11.1 Å². The first-order valence-corrected chi connectivity index (χ1v) is 9.16. The number of hydrogen-bond donors (Lipinski definition) is 2. The molecule has 2 aromatic rings. The molecule has 0 aliphatic carbocycles. The molecule has 1 aliphatic heterocycles. The number of ether oxygens (including phenoxy) is 1. The third kappa shape index (κ3) is 4.19. The number of aryl methyl sites for hydroxylation is 2. The number of nitrogens with two attached hydrogens (primary N) is 1. The molecule has 1 amide bonds. The molecule has 1 fully saturated rings. The molecule has 1 aliphatic rings. The highest BCUT2D eigenvalue weighted by molar-refractivity contribution is 5.89. The quantitative estimate of drug-likeness (QED) is 0.807. The summed E-state index contributed by atoms with van der Waals surface area (Å²) in [7, 11) is 1.68. The summed E-state index contributed by atoms with van der Waals surface area (Å²) in [5.74, 6) is 1.17. The Labute approximate surface area is 159 Å². The summed E-state index contributed by atoms with van der Waals surface area (Å²) < 4.78 is 5.27. The first-order chi connectivity index (χ1) is 12.9. The Morgan fingerprint density at radius 1 is 1.33 bits per heavy atom. The van der Waals surface area contributed by atoms with Gasteiger partial charge in [-0.2, -0.15) is 0 Å². The molecule has 7 heteroatoms. The predicted octanol–water partition coefficient (Wildman–Crippen LogP) is 1.88. The third-order valence-electron chi connectivity index (χ3n) is 5.20. The van der Waals surface area contributed by atoms with Crippen molar-refractivity contribution in [1.29, 1.82) is 0 Å². The van der Waals surface area contributed by atoms with E-state index in [0.717, 1.165) is 48.9 Å². The van der Waals surface area contributed by atoms with Crippen LogP contribution >= 0.6 is 0 Å². The number of nitrogens with zero attached hydrogens (tertiary/aromatic N) is 3. The van der Waals surface area contributed by atoms with Gasteiger partial charge in [0, 0.05) is 36.9 Å². The maximum Gasteiger partial charge on any atom is 0.286 e. The maximum atomic E-state index is 11.5. The van der Waals surface area contributed by atoms with Crippen LogP contribution in [-0.2, 0) is 6.54 Å². The van der Waals surface area contributed by atoms with E-state index < -0.39 is 5.91 Å². The van der Waals surface area contributed by atoms with Gasteiger partial charge in [-0.25, -0.2) is 9.97 Å². The van der Waals surface area contributed by atoms with Gasteiger partial charge >= 0.3 is 0 Å². The minimum absolute atomic E-state index is 0.0818. The standard InChI is InChI=1S/C20H27N5O2/c1-12-9-17(27-4)6-5-15(12)10-22-16-7-8-25(11-16)20-13(2)14(3)23-19(24-20)18(21)26/h5-6,9,16,22H,7-8,10-11H2,1-4H3,(H2,21,26)/t16-/m1/s1. The molecule has 7 nitrogen and oxygen atoms in total. The lowest BCUT2D eigenvalue weighted by Crippen LogP contribution is -2.33. The fourth-order valence-corrected chi connectivity index (χ4v) is 3.40. The van der Waals surface area contributed by atoms with Crippen molar-refractivity contribution in [3.05, 3.63) is 46.4 Å². The largest absolute Gasteiger partial charge is 0.497 e. The van der Waals surface area contributed by atoms with Crippen LogP contribution < -0.4 is 20.7 Å². The predicted molar refractivity (Wildman–Crippen MR) is 105 cm³/mol. The highest BCUT2D eigenvalue weighted by Gasteiger charge is 2.26. The van der Waals surface area contributed by atoms with Crippen molar-refractivity contribution in [3.8, 4) is 5.75 Å². The Morgan fingerprint density at radius 2 is 2.11 bits per heavy atom. The first-order valence-electron chi connectivity index (χ1n) is 9.16. The average molecular weight is 369 g/mol. The maximum absolute atomic E-state index is 11.5. The molecule has 0 saturated carbocycles. The molecular weight excluding hydrogens is 342 g/mol. The second-order valence-corrected chi connectivity index (χ2v) is 7.05. The topological polar surface area (TPSA) is 93.4 Å². The lowest BCUT2D eigenvalue weighted by atomic mass is 10.1. The van der Waals surface area contributed by atoms with Gasteiger partial charge in [-0.05, 0) is 50.5 Å². The minimum Gasteiger partial charge on any atom is -0.497 e. The zero-order valence-corrected chi connectivity index (χ0v) is 16.4. The number of benzene rings is 1. The van der Waals surface area contributed by atoms with Crippen LogP contribution in [0.1, 0.15) is 39.4 Å². The van der Waals surface area contributed by atoms with E-state index >= 15 is 0 Å². The van der Waals surface area contributed by atoms with Crippen LogP contribution in [0.25, 0.3) is 0 Å². The molecule has 3 rings (SSSR count). The molecule has 0 radical (unpaired) electrons. The average Bonchev–Trinajstić information content (AvgIpc) is 3.11. The smallest absolute Gasteiger partial charge is 0.286 e. The van der Waals surface area contributed by atoms with Gasteiger partial charge in [0.1, 0.15) is 11.6 Å². The van der Waals surface area contributed by atoms with Crippen molar-refractivity contribution in [1.82, 2.24) is 15.3 Å². The van der Waals surface area contributed by atoms with E-state index in [0.29, 0.717) is 6.04 Å². The number of primary amides is 1. The molecule has 0 spiro atoms. The molecule has 3 N–H and O–H groups in total. The number of methoxy groups -OCH3 is 1. The van der Waals surface area contributed by atoms with Gasteiger partial charge in [-0.1, -0.05) is 6.07 Å². The lowest BCUT2D eigenvalue weighted by Gasteiger charge is -2.21. The zero-order chi connectivity index (χ0) is 19.6. The summed E-state index contributed by atoms with van der Waals surface area (Å²) in [5.41, 5.74) is 9.63. The normalized spacial score (nSPS) is 16.6. The summed E-state index contributed by atoms with van der Waals surface area (Å²) in [6.45, 7) is 8.49. The van der Waals surface area contributed by atoms with E-state index in [1.807, 2.05) is 19.9 Å². The monoisotopic (exact) mass is 369 g/mol. The van der Waals surface area contributed by atoms with E-state index in [4.69, 9.17) is 10.5 Å².